The first-order valence-corrected chi connectivity index (χ1v) is 8.87. The number of ether oxygens (including phenoxy) is 2. The Balaban J connectivity index is 1.52. The third-order valence-electron chi connectivity index (χ3n) is 4.68. The molecule has 24 heavy (non-hydrogen) atoms. The van der Waals surface area contributed by atoms with E-state index in [1.54, 1.807) is 0 Å². The highest BCUT2D eigenvalue weighted by Crippen LogP contribution is 2.34. The van der Waals surface area contributed by atoms with Crippen molar-refractivity contribution in [1.29, 1.82) is 0 Å². The molecule has 3 rings (SSSR count). The molecule has 1 heterocycles. The fraction of sp³-hybridized carbons (Fsp3) is 0.632. The second-order valence-electron chi connectivity index (χ2n) is 7.75. The van der Waals surface area contributed by atoms with Crippen LogP contribution in [0.25, 0.3) is 0 Å². The summed E-state index contributed by atoms with van der Waals surface area (Å²) in [7, 11) is 0. The molecule has 1 aliphatic heterocycles. The predicted octanol–water partition coefficient (Wildman–Crippen LogP) is 3.40. The lowest BCUT2D eigenvalue weighted by atomic mass is 10.0. The Labute approximate surface area is 144 Å². The highest BCUT2D eigenvalue weighted by molar-refractivity contribution is 5.67. The molecule has 2 N–H and O–H groups in total. The van der Waals surface area contributed by atoms with Gasteiger partial charge in [0.2, 0.25) is 0 Å². The van der Waals surface area contributed by atoms with Gasteiger partial charge in [-0.3, -0.25) is 0 Å². The van der Waals surface area contributed by atoms with Crippen LogP contribution in [0.2, 0.25) is 0 Å². The summed E-state index contributed by atoms with van der Waals surface area (Å²) in [5, 5.41) is 6.66. The Kier molecular flexibility index (Phi) is 4.99. The monoisotopic (exact) mass is 332 g/mol. The molecule has 5 heteroatoms. The quantitative estimate of drug-likeness (QED) is 0.887. The van der Waals surface area contributed by atoms with Gasteiger partial charge >= 0.3 is 6.09 Å². The molecule has 0 radical (unpaired) electrons. The van der Waals surface area contributed by atoms with Crippen LogP contribution in [0.1, 0.15) is 51.6 Å². The molecular weight excluding hydrogens is 304 g/mol. The summed E-state index contributed by atoms with van der Waals surface area (Å²) in [5.41, 5.74) is 0.783. The van der Waals surface area contributed by atoms with Crippen LogP contribution >= 0.6 is 0 Å². The first-order chi connectivity index (χ1) is 11.4. The van der Waals surface area contributed by atoms with Crippen LogP contribution < -0.4 is 15.4 Å². The van der Waals surface area contributed by atoms with Crippen molar-refractivity contribution in [2.45, 2.75) is 57.7 Å². The summed E-state index contributed by atoms with van der Waals surface area (Å²) in [5.74, 6) is 1.42. The second kappa shape index (κ2) is 7.01. The molecule has 1 aromatic carbocycles. The van der Waals surface area contributed by atoms with E-state index in [1.807, 2.05) is 32.9 Å². The van der Waals surface area contributed by atoms with Gasteiger partial charge in [0.15, 0.2) is 0 Å². The second-order valence-corrected chi connectivity index (χ2v) is 7.75. The molecule has 1 aliphatic carbocycles. The summed E-state index contributed by atoms with van der Waals surface area (Å²) in [4.78, 5) is 11.9. The highest BCUT2D eigenvalue weighted by atomic mass is 16.6. The smallest absolute Gasteiger partial charge is 0.407 e. The number of amides is 1. The third kappa shape index (κ3) is 4.20. The van der Waals surface area contributed by atoms with Crippen molar-refractivity contribution >= 4 is 6.09 Å². The Bertz CT molecular complexity index is 582. The fourth-order valence-corrected chi connectivity index (χ4v) is 3.59. The lowest BCUT2D eigenvalue weighted by molar-refractivity contribution is 0.0517. The van der Waals surface area contributed by atoms with Crippen molar-refractivity contribution in [2.75, 3.05) is 13.2 Å². The fourth-order valence-electron chi connectivity index (χ4n) is 3.59. The number of carbonyl (C=O) groups excluding carboxylic acids is 1. The Morgan fingerprint density at radius 1 is 1.29 bits per heavy atom. The lowest BCUT2D eigenvalue weighted by Crippen LogP contribution is -2.42. The molecule has 0 aromatic heterocycles. The van der Waals surface area contributed by atoms with Crippen molar-refractivity contribution in [2.24, 2.45) is 5.92 Å². The minimum atomic E-state index is -0.456. The number of nitrogens with one attached hydrogen (secondary N) is 2. The maximum atomic E-state index is 11.9. The first-order valence-electron chi connectivity index (χ1n) is 8.87. The van der Waals surface area contributed by atoms with Crippen LogP contribution in [0.5, 0.6) is 5.75 Å². The number of fused-ring (bicyclic) bond motifs is 1. The van der Waals surface area contributed by atoms with Crippen molar-refractivity contribution in [1.82, 2.24) is 10.6 Å². The zero-order valence-electron chi connectivity index (χ0n) is 14.8. The molecular formula is C19H28N2O3. The van der Waals surface area contributed by atoms with Gasteiger partial charge in [-0.05, 0) is 45.6 Å². The van der Waals surface area contributed by atoms with Crippen LogP contribution in [0.15, 0.2) is 24.3 Å². The molecule has 0 saturated heterocycles. The van der Waals surface area contributed by atoms with Gasteiger partial charge in [0.05, 0.1) is 6.04 Å². The van der Waals surface area contributed by atoms with E-state index in [9.17, 15) is 4.79 Å². The minimum absolute atomic E-state index is 0.244. The summed E-state index contributed by atoms with van der Waals surface area (Å²) < 4.78 is 11.1. The van der Waals surface area contributed by atoms with Gasteiger partial charge in [0.1, 0.15) is 18.0 Å². The van der Waals surface area contributed by atoms with Gasteiger partial charge < -0.3 is 20.1 Å². The van der Waals surface area contributed by atoms with Gasteiger partial charge in [0, 0.05) is 18.2 Å². The molecule has 3 atom stereocenters. The number of alkyl carbamates (subject to hydrolysis) is 1. The van der Waals surface area contributed by atoms with Gasteiger partial charge in [-0.1, -0.05) is 24.6 Å². The van der Waals surface area contributed by atoms with Gasteiger partial charge in [-0.2, -0.15) is 0 Å². The average Bonchev–Trinajstić information content (AvgIpc) is 3.11. The topological polar surface area (TPSA) is 59.6 Å². The molecule has 3 unspecified atom stereocenters. The minimum Gasteiger partial charge on any atom is -0.491 e. The van der Waals surface area contributed by atoms with Gasteiger partial charge in [0.25, 0.3) is 0 Å². The number of hydrogen-bond donors (Lipinski definition) is 2. The number of benzene rings is 1. The largest absolute Gasteiger partial charge is 0.491 e. The number of carbonyl (C=O) groups is 1. The van der Waals surface area contributed by atoms with E-state index in [0.717, 1.165) is 18.6 Å². The number of hydrogen-bond acceptors (Lipinski definition) is 4. The number of para-hydroxylation sites is 1. The zero-order valence-corrected chi connectivity index (χ0v) is 14.8. The number of rotatable bonds is 4. The zero-order chi connectivity index (χ0) is 17.2. The molecule has 0 bridgehead atoms. The molecule has 1 fully saturated rings. The Morgan fingerprint density at radius 3 is 2.88 bits per heavy atom. The van der Waals surface area contributed by atoms with E-state index in [-0.39, 0.29) is 12.1 Å². The molecule has 1 amide bonds. The van der Waals surface area contributed by atoms with E-state index < -0.39 is 5.60 Å². The van der Waals surface area contributed by atoms with Gasteiger partial charge in [-0.25, -0.2) is 4.79 Å². The SMILES string of the molecule is CC(C)(C)OC(=O)NCC1CCCC1NC1COc2ccccc21. The summed E-state index contributed by atoms with van der Waals surface area (Å²) >= 11 is 0. The van der Waals surface area contributed by atoms with Crippen LogP contribution in [0, 0.1) is 5.92 Å². The standard InChI is InChI=1S/C19H28N2O3/c1-19(2,3)24-18(22)20-11-13-7-6-9-15(13)21-16-12-23-17-10-5-4-8-14(16)17/h4-5,8,10,13,15-16,21H,6-7,9,11-12H2,1-3H3,(H,20,22). The Morgan fingerprint density at radius 2 is 2.08 bits per heavy atom. The van der Waals surface area contributed by atoms with E-state index >= 15 is 0 Å². The predicted molar refractivity (Wildman–Crippen MR) is 93.2 cm³/mol. The molecule has 5 nitrogen and oxygen atoms in total. The van der Waals surface area contributed by atoms with Crippen molar-refractivity contribution in [3.05, 3.63) is 29.8 Å². The van der Waals surface area contributed by atoms with Crippen LogP contribution in [-0.4, -0.2) is 30.9 Å². The highest BCUT2D eigenvalue weighted by Gasteiger charge is 2.32. The molecule has 0 spiro atoms. The van der Waals surface area contributed by atoms with Crippen LogP contribution in [-0.2, 0) is 4.74 Å². The van der Waals surface area contributed by atoms with Crippen molar-refractivity contribution in [3.8, 4) is 5.75 Å². The van der Waals surface area contributed by atoms with Crippen LogP contribution in [0.3, 0.4) is 0 Å². The van der Waals surface area contributed by atoms with E-state index in [1.165, 1.54) is 12.0 Å². The summed E-state index contributed by atoms with van der Waals surface area (Å²) in [6.45, 7) is 6.97. The van der Waals surface area contributed by atoms with E-state index in [2.05, 4.69) is 22.8 Å². The van der Waals surface area contributed by atoms with E-state index in [0.29, 0.717) is 25.1 Å². The van der Waals surface area contributed by atoms with Gasteiger partial charge in [-0.15, -0.1) is 0 Å². The molecule has 1 saturated carbocycles. The first kappa shape index (κ1) is 17.1. The maximum absolute atomic E-state index is 11.9. The third-order valence-corrected chi connectivity index (χ3v) is 4.68. The maximum Gasteiger partial charge on any atom is 0.407 e. The Hall–Kier alpha value is -1.75. The molecule has 2 aliphatic rings. The normalized spacial score (nSPS) is 25.9. The molecule has 132 valence electrons. The average molecular weight is 332 g/mol. The van der Waals surface area contributed by atoms with Crippen molar-refractivity contribution < 1.29 is 14.3 Å². The molecule has 1 aromatic rings. The van der Waals surface area contributed by atoms with Crippen LogP contribution in [0.4, 0.5) is 4.79 Å². The lowest BCUT2D eigenvalue weighted by Gasteiger charge is -2.25. The van der Waals surface area contributed by atoms with E-state index in [4.69, 9.17) is 9.47 Å². The summed E-state index contributed by atoms with van der Waals surface area (Å²) in [6.07, 6.45) is 3.12. The summed E-state index contributed by atoms with van der Waals surface area (Å²) in [6, 6.07) is 8.85. The van der Waals surface area contributed by atoms with Crippen molar-refractivity contribution in [3.63, 3.8) is 0 Å².